The van der Waals surface area contributed by atoms with Crippen molar-refractivity contribution in [1.29, 1.82) is 0 Å². The zero-order valence-electron chi connectivity index (χ0n) is 8.16. The van der Waals surface area contributed by atoms with Gasteiger partial charge in [-0.2, -0.15) is 4.57 Å². The van der Waals surface area contributed by atoms with Crippen LogP contribution in [-0.2, 0) is 11.3 Å². The maximum Gasteiger partial charge on any atom is 0.206 e. The molecule has 0 aliphatic heterocycles. The monoisotopic (exact) mass is 257 g/mol. The lowest BCUT2D eigenvalue weighted by molar-refractivity contribution is -0.684. The standard InChI is InChI=1S/C10H12NO2.BrH/c1-8(12)7-11-5-3-10(4-6-11)9(2)13;/h3-6H,7H2,1-2H3;1H/q+1;/p-1. The Hall–Kier alpha value is -1.03. The Morgan fingerprint density at radius 3 is 2.07 bits per heavy atom. The van der Waals surface area contributed by atoms with Crippen LogP contribution in [0.5, 0.6) is 0 Å². The topological polar surface area (TPSA) is 38.0 Å². The van der Waals surface area contributed by atoms with Crippen LogP contribution in [0.1, 0.15) is 24.2 Å². The first-order valence-electron chi connectivity index (χ1n) is 4.09. The molecule has 3 nitrogen and oxygen atoms in total. The molecule has 0 saturated carbocycles. The van der Waals surface area contributed by atoms with Crippen molar-refractivity contribution in [2.24, 2.45) is 0 Å². The molecule has 1 rings (SSSR count). The molecule has 1 aromatic rings. The van der Waals surface area contributed by atoms with E-state index in [1.54, 1.807) is 29.1 Å². The van der Waals surface area contributed by atoms with E-state index in [1.807, 2.05) is 0 Å². The fourth-order valence-corrected chi connectivity index (χ4v) is 1.05. The minimum atomic E-state index is 0. The maximum atomic E-state index is 10.9. The van der Waals surface area contributed by atoms with E-state index in [9.17, 15) is 9.59 Å². The van der Waals surface area contributed by atoms with Gasteiger partial charge in [0.05, 0.1) is 0 Å². The van der Waals surface area contributed by atoms with Crippen molar-refractivity contribution in [2.45, 2.75) is 20.4 Å². The summed E-state index contributed by atoms with van der Waals surface area (Å²) in [5, 5.41) is 0. The molecule has 0 spiro atoms. The van der Waals surface area contributed by atoms with E-state index in [0.717, 1.165) is 0 Å². The van der Waals surface area contributed by atoms with Gasteiger partial charge in [0.25, 0.3) is 0 Å². The number of hydrogen-bond acceptors (Lipinski definition) is 2. The Bertz CT molecular complexity index is 332. The molecule has 76 valence electrons. The molecular weight excluding hydrogens is 246 g/mol. The van der Waals surface area contributed by atoms with E-state index in [0.29, 0.717) is 12.1 Å². The van der Waals surface area contributed by atoms with Gasteiger partial charge in [0.1, 0.15) is 0 Å². The van der Waals surface area contributed by atoms with Gasteiger partial charge in [0, 0.05) is 24.6 Å². The highest BCUT2D eigenvalue weighted by atomic mass is 79.9. The lowest BCUT2D eigenvalue weighted by Gasteiger charge is -1.94. The fraction of sp³-hybridized carbons (Fsp3) is 0.300. The van der Waals surface area contributed by atoms with Crippen LogP contribution in [-0.4, -0.2) is 11.6 Å². The molecule has 14 heavy (non-hydrogen) atoms. The van der Waals surface area contributed by atoms with Crippen LogP contribution in [0.25, 0.3) is 0 Å². The predicted molar refractivity (Wildman–Crippen MR) is 47.3 cm³/mol. The first-order valence-corrected chi connectivity index (χ1v) is 4.09. The summed E-state index contributed by atoms with van der Waals surface area (Å²) in [4.78, 5) is 21.6. The van der Waals surface area contributed by atoms with Crippen LogP contribution < -0.4 is 21.5 Å². The molecule has 0 fully saturated rings. The highest BCUT2D eigenvalue weighted by Crippen LogP contribution is 1.95. The zero-order chi connectivity index (χ0) is 9.84. The highest BCUT2D eigenvalue weighted by Gasteiger charge is 2.05. The van der Waals surface area contributed by atoms with Gasteiger partial charge >= 0.3 is 0 Å². The molecule has 0 radical (unpaired) electrons. The summed E-state index contributed by atoms with van der Waals surface area (Å²) in [6.07, 6.45) is 3.47. The molecule has 0 aliphatic carbocycles. The van der Waals surface area contributed by atoms with Crippen LogP contribution >= 0.6 is 0 Å². The minimum Gasteiger partial charge on any atom is -1.00 e. The van der Waals surface area contributed by atoms with Gasteiger partial charge in [-0.25, -0.2) is 0 Å². The molecule has 0 amide bonds. The van der Waals surface area contributed by atoms with E-state index in [2.05, 4.69) is 0 Å². The number of nitrogens with zero attached hydrogens (tertiary/aromatic N) is 1. The predicted octanol–water partition coefficient (Wildman–Crippen LogP) is -2.23. The summed E-state index contributed by atoms with van der Waals surface area (Å²) in [5.41, 5.74) is 0.666. The average molecular weight is 258 g/mol. The molecule has 0 saturated heterocycles. The number of Topliss-reactive ketones (excluding diaryl/α,β-unsaturated/α-hetero) is 2. The molecule has 0 aromatic carbocycles. The van der Waals surface area contributed by atoms with E-state index in [4.69, 9.17) is 0 Å². The number of carbonyl (C=O) groups is 2. The molecule has 0 aliphatic rings. The first-order chi connectivity index (χ1) is 6.09. The van der Waals surface area contributed by atoms with Gasteiger partial charge in [-0.3, -0.25) is 9.59 Å². The lowest BCUT2D eigenvalue weighted by atomic mass is 10.2. The van der Waals surface area contributed by atoms with Crippen LogP contribution in [0.2, 0.25) is 0 Å². The summed E-state index contributed by atoms with van der Waals surface area (Å²) in [6.45, 7) is 3.41. The zero-order valence-corrected chi connectivity index (χ0v) is 9.74. The second-order valence-electron chi connectivity index (χ2n) is 3.02. The smallest absolute Gasteiger partial charge is 0.206 e. The van der Waals surface area contributed by atoms with Crippen LogP contribution in [0, 0.1) is 0 Å². The summed E-state index contributed by atoms with van der Waals surface area (Å²) in [7, 11) is 0. The van der Waals surface area contributed by atoms with Gasteiger partial charge in [-0.15, -0.1) is 0 Å². The third-order valence-corrected chi connectivity index (χ3v) is 1.70. The average Bonchev–Trinajstić information content (AvgIpc) is 2.04. The largest absolute Gasteiger partial charge is 1.00 e. The Balaban J connectivity index is 0.00000169. The number of hydrogen-bond donors (Lipinski definition) is 0. The Kier molecular flexibility index (Phi) is 5.23. The minimum absolute atomic E-state index is 0. The van der Waals surface area contributed by atoms with Crippen LogP contribution in [0.4, 0.5) is 0 Å². The van der Waals surface area contributed by atoms with Crippen molar-refractivity contribution in [1.82, 2.24) is 0 Å². The number of pyridine rings is 1. The number of carbonyl (C=O) groups excluding carboxylic acids is 2. The van der Waals surface area contributed by atoms with Crippen molar-refractivity contribution >= 4 is 11.6 Å². The summed E-state index contributed by atoms with van der Waals surface area (Å²) in [6, 6.07) is 3.43. The van der Waals surface area contributed by atoms with Gasteiger partial charge in [0.2, 0.25) is 6.54 Å². The van der Waals surface area contributed by atoms with Crippen molar-refractivity contribution in [3.63, 3.8) is 0 Å². The number of rotatable bonds is 3. The molecule has 0 N–H and O–H groups in total. The summed E-state index contributed by atoms with van der Waals surface area (Å²) < 4.78 is 1.74. The third-order valence-electron chi connectivity index (χ3n) is 1.70. The van der Waals surface area contributed by atoms with Crippen LogP contribution in [0.15, 0.2) is 24.5 Å². The van der Waals surface area contributed by atoms with E-state index in [1.165, 1.54) is 13.8 Å². The maximum absolute atomic E-state index is 10.9. The summed E-state index contributed by atoms with van der Waals surface area (Å²) in [5.74, 6) is 0.135. The first kappa shape index (κ1) is 13.0. The molecule has 0 bridgehead atoms. The number of ketones is 2. The van der Waals surface area contributed by atoms with E-state index < -0.39 is 0 Å². The molecule has 4 heteroatoms. The molecule has 0 atom stereocenters. The van der Waals surface area contributed by atoms with Crippen molar-refractivity contribution < 1.29 is 31.1 Å². The Morgan fingerprint density at radius 1 is 1.21 bits per heavy atom. The van der Waals surface area contributed by atoms with Gasteiger partial charge in [-0.1, -0.05) is 0 Å². The van der Waals surface area contributed by atoms with Crippen molar-refractivity contribution in [3.05, 3.63) is 30.1 Å². The molecule has 1 aromatic heterocycles. The van der Waals surface area contributed by atoms with E-state index in [-0.39, 0.29) is 28.5 Å². The lowest BCUT2D eigenvalue weighted by Crippen LogP contribution is -3.00. The second kappa shape index (κ2) is 5.65. The Morgan fingerprint density at radius 2 is 1.71 bits per heavy atom. The normalized spacial score (nSPS) is 9.00. The highest BCUT2D eigenvalue weighted by molar-refractivity contribution is 5.93. The fourth-order valence-electron chi connectivity index (χ4n) is 1.05. The van der Waals surface area contributed by atoms with Crippen molar-refractivity contribution in [3.8, 4) is 0 Å². The Labute approximate surface area is 93.5 Å². The SMILES string of the molecule is CC(=O)C[n+]1ccc(C(C)=O)cc1.[Br-]. The van der Waals surface area contributed by atoms with Crippen LogP contribution in [0.3, 0.4) is 0 Å². The molecule has 0 unspecified atom stereocenters. The number of halogens is 1. The van der Waals surface area contributed by atoms with Gasteiger partial charge < -0.3 is 17.0 Å². The quantitative estimate of drug-likeness (QED) is 0.454. The van der Waals surface area contributed by atoms with Gasteiger partial charge in [0.15, 0.2) is 24.0 Å². The summed E-state index contributed by atoms with van der Waals surface area (Å²) >= 11 is 0. The third kappa shape index (κ3) is 3.79. The molecule has 1 heterocycles. The van der Waals surface area contributed by atoms with E-state index >= 15 is 0 Å². The second-order valence-corrected chi connectivity index (χ2v) is 3.02. The van der Waals surface area contributed by atoms with Gasteiger partial charge in [-0.05, 0) is 6.92 Å². The van der Waals surface area contributed by atoms with Crippen molar-refractivity contribution in [2.75, 3.05) is 0 Å². The molecular formula is C10H12BrNO2. The number of aromatic nitrogens is 1.